The van der Waals surface area contributed by atoms with E-state index in [4.69, 9.17) is 11.6 Å². The zero-order chi connectivity index (χ0) is 9.52. The molecule has 0 atom stereocenters. The Morgan fingerprint density at radius 2 is 1.92 bits per heavy atom. The molecule has 0 aromatic heterocycles. The fourth-order valence-corrected chi connectivity index (χ4v) is 0.865. The Kier molecular flexibility index (Phi) is 3.81. The molecule has 0 heterocycles. The third-order valence-electron chi connectivity index (χ3n) is 1.41. The van der Waals surface area contributed by atoms with Crippen LogP contribution in [-0.2, 0) is 0 Å². The maximum Gasteiger partial charge on any atom is 0.150 e. The molecule has 0 N–H and O–H groups in total. The zero-order valence-electron chi connectivity index (χ0n) is 6.83. The Morgan fingerprint density at radius 3 is 2.46 bits per heavy atom. The minimum Gasteiger partial charge on any atom is -0.298 e. The van der Waals surface area contributed by atoms with Crippen LogP contribution in [0.5, 0.6) is 0 Å². The van der Waals surface area contributed by atoms with Crippen molar-refractivity contribution in [1.29, 1.82) is 0 Å². The SMILES string of the molecule is O=Cc1ccc(C#CC=CCl)cc1. The van der Waals surface area contributed by atoms with Crippen molar-refractivity contribution in [3.8, 4) is 11.8 Å². The van der Waals surface area contributed by atoms with Gasteiger partial charge in [-0.15, -0.1) is 0 Å². The molecule has 0 saturated heterocycles. The van der Waals surface area contributed by atoms with Crippen LogP contribution in [0.2, 0.25) is 0 Å². The molecule has 1 aromatic rings. The summed E-state index contributed by atoms with van der Waals surface area (Å²) in [6, 6.07) is 7.03. The summed E-state index contributed by atoms with van der Waals surface area (Å²) in [5.74, 6) is 5.60. The standard InChI is InChI=1S/C11H7ClO/c12-8-2-1-3-10-4-6-11(9-13)7-5-10/h2,4-9H. The van der Waals surface area contributed by atoms with E-state index in [1.807, 2.05) is 0 Å². The fourth-order valence-electron chi connectivity index (χ4n) is 0.802. The van der Waals surface area contributed by atoms with Crippen LogP contribution in [-0.4, -0.2) is 6.29 Å². The third-order valence-corrected chi connectivity index (χ3v) is 1.54. The molecule has 0 spiro atoms. The number of benzene rings is 1. The van der Waals surface area contributed by atoms with Gasteiger partial charge in [-0.2, -0.15) is 0 Å². The lowest BCUT2D eigenvalue weighted by Crippen LogP contribution is -1.79. The predicted molar refractivity (Wildman–Crippen MR) is 53.7 cm³/mol. The number of hydrogen-bond acceptors (Lipinski definition) is 1. The van der Waals surface area contributed by atoms with Gasteiger partial charge in [-0.3, -0.25) is 4.79 Å². The van der Waals surface area contributed by atoms with E-state index in [1.165, 1.54) is 5.54 Å². The highest BCUT2D eigenvalue weighted by molar-refractivity contribution is 6.25. The van der Waals surface area contributed by atoms with Crippen molar-refractivity contribution in [1.82, 2.24) is 0 Å². The molecule has 0 aliphatic heterocycles. The van der Waals surface area contributed by atoms with Gasteiger partial charge >= 0.3 is 0 Å². The summed E-state index contributed by atoms with van der Waals surface area (Å²) in [6.45, 7) is 0. The first-order valence-electron chi connectivity index (χ1n) is 3.69. The van der Waals surface area contributed by atoms with Crippen molar-refractivity contribution in [3.05, 3.63) is 47.0 Å². The molecule has 0 saturated carbocycles. The zero-order valence-corrected chi connectivity index (χ0v) is 7.58. The Balaban J connectivity index is 2.82. The highest BCUT2D eigenvalue weighted by Crippen LogP contribution is 2.00. The summed E-state index contributed by atoms with van der Waals surface area (Å²) < 4.78 is 0. The molecule has 1 nitrogen and oxygen atoms in total. The van der Waals surface area contributed by atoms with Gasteiger partial charge in [0, 0.05) is 16.7 Å². The van der Waals surface area contributed by atoms with Crippen molar-refractivity contribution in [2.75, 3.05) is 0 Å². The second kappa shape index (κ2) is 5.18. The van der Waals surface area contributed by atoms with Gasteiger partial charge in [-0.1, -0.05) is 35.6 Å². The van der Waals surface area contributed by atoms with E-state index in [9.17, 15) is 4.79 Å². The van der Waals surface area contributed by atoms with Gasteiger partial charge in [0.15, 0.2) is 0 Å². The molecule has 0 unspecified atom stereocenters. The normalized spacial score (nSPS) is 9.31. The van der Waals surface area contributed by atoms with E-state index in [2.05, 4.69) is 11.8 Å². The maximum atomic E-state index is 10.3. The quantitative estimate of drug-likeness (QED) is 0.492. The van der Waals surface area contributed by atoms with E-state index in [-0.39, 0.29) is 0 Å². The average molecular weight is 191 g/mol. The molecule has 1 rings (SSSR count). The van der Waals surface area contributed by atoms with E-state index < -0.39 is 0 Å². The lowest BCUT2D eigenvalue weighted by Gasteiger charge is -1.89. The van der Waals surface area contributed by atoms with E-state index in [0.29, 0.717) is 5.56 Å². The summed E-state index contributed by atoms with van der Waals surface area (Å²) >= 11 is 5.29. The largest absolute Gasteiger partial charge is 0.298 e. The lowest BCUT2D eigenvalue weighted by molar-refractivity contribution is 0.112. The Bertz CT molecular complexity index is 365. The molecule has 0 bridgehead atoms. The Morgan fingerprint density at radius 1 is 1.23 bits per heavy atom. The van der Waals surface area contributed by atoms with E-state index in [1.54, 1.807) is 30.3 Å². The molecule has 0 amide bonds. The van der Waals surface area contributed by atoms with Crippen LogP contribution in [0.4, 0.5) is 0 Å². The number of allylic oxidation sites excluding steroid dienone is 1. The molecule has 0 radical (unpaired) electrons. The molecule has 0 aliphatic carbocycles. The summed E-state index contributed by atoms with van der Waals surface area (Å²) in [4.78, 5) is 10.3. The summed E-state index contributed by atoms with van der Waals surface area (Å²) in [6.07, 6.45) is 2.35. The molecule has 13 heavy (non-hydrogen) atoms. The first kappa shape index (κ1) is 9.57. The number of carbonyl (C=O) groups excluding carboxylic acids is 1. The second-order valence-corrected chi connectivity index (χ2v) is 2.55. The van der Waals surface area contributed by atoms with Gasteiger partial charge in [-0.05, 0) is 18.2 Å². The number of rotatable bonds is 1. The molecule has 0 aliphatic rings. The second-order valence-electron chi connectivity index (χ2n) is 2.30. The third kappa shape index (κ3) is 3.14. The van der Waals surface area contributed by atoms with Crippen molar-refractivity contribution < 1.29 is 4.79 Å². The molecule has 0 fully saturated rings. The van der Waals surface area contributed by atoms with Gasteiger partial charge in [-0.25, -0.2) is 0 Å². The van der Waals surface area contributed by atoms with Crippen LogP contribution in [0.25, 0.3) is 0 Å². The van der Waals surface area contributed by atoms with E-state index in [0.717, 1.165) is 11.8 Å². The van der Waals surface area contributed by atoms with Gasteiger partial charge in [0.05, 0.1) is 0 Å². The fraction of sp³-hybridized carbons (Fsp3) is 0. The minimum absolute atomic E-state index is 0.651. The maximum absolute atomic E-state index is 10.3. The monoisotopic (exact) mass is 190 g/mol. The highest BCUT2D eigenvalue weighted by Gasteiger charge is 1.87. The van der Waals surface area contributed by atoms with Crippen molar-refractivity contribution in [2.24, 2.45) is 0 Å². The van der Waals surface area contributed by atoms with Crippen LogP contribution in [0.3, 0.4) is 0 Å². The smallest absolute Gasteiger partial charge is 0.150 e. The topological polar surface area (TPSA) is 17.1 Å². The molecule has 2 heteroatoms. The Labute approximate surface area is 82.0 Å². The number of aldehydes is 1. The number of carbonyl (C=O) groups is 1. The summed E-state index contributed by atoms with van der Waals surface area (Å²) in [7, 11) is 0. The van der Waals surface area contributed by atoms with Crippen LogP contribution in [0, 0.1) is 11.8 Å². The number of halogens is 1. The summed E-state index contributed by atoms with van der Waals surface area (Å²) in [5, 5.41) is 0. The number of hydrogen-bond donors (Lipinski definition) is 0. The van der Waals surface area contributed by atoms with E-state index >= 15 is 0 Å². The first-order chi connectivity index (χ1) is 6.36. The van der Waals surface area contributed by atoms with Crippen molar-refractivity contribution in [3.63, 3.8) is 0 Å². The van der Waals surface area contributed by atoms with Crippen molar-refractivity contribution >= 4 is 17.9 Å². The molecular formula is C11H7ClO. The van der Waals surface area contributed by atoms with Gasteiger partial charge in [0.25, 0.3) is 0 Å². The lowest BCUT2D eigenvalue weighted by atomic mass is 10.1. The average Bonchev–Trinajstić information content (AvgIpc) is 2.19. The van der Waals surface area contributed by atoms with Crippen LogP contribution >= 0.6 is 11.6 Å². The first-order valence-corrected chi connectivity index (χ1v) is 4.12. The van der Waals surface area contributed by atoms with Crippen molar-refractivity contribution in [2.45, 2.75) is 0 Å². The van der Waals surface area contributed by atoms with Crippen LogP contribution in [0.15, 0.2) is 35.9 Å². The highest BCUT2D eigenvalue weighted by atomic mass is 35.5. The van der Waals surface area contributed by atoms with Gasteiger partial charge in [0.2, 0.25) is 0 Å². The van der Waals surface area contributed by atoms with Gasteiger partial charge < -0.3 is 0 Å². The van der Waals surface area contributed by atoms with Crippen LogP contribution < -0.4 is 0 Å². The predicted octanol–water partition coefficient (Wildman–Crippen LogP) is 2.60. The Hall–Kier alpha value is -1.52. The van der Waals surface area contributed by atoms with Gasteiger partial charge in [0.1, 0.15) is 6.29 Å². The molecule has 1 aromatic carbocycles. The molecular weight excluding hydrogens is 184 g/mol. The molecule has 64 valence electrons. The minimum atomic E-state index is 0.651. The van der Waals surface area contributed by atoms with Crippen LogP contribution in [0.1, 0.15) is 15.9 Å². The summed E-state index contributed by atoms with van der Waals surface area (Å²) in [5.41, 5.74) is 2.87.